The summed E-state index contributed by atoms with van der Waals surface area (Å²) < 4.78 is 0. The first-order chi connectivity index (χ1) is 8.69. The molecule has 0 aromatic carbocycles. The standard InChI is InChI=1S/C16H34N2/c1-5-12-17-16(6-2)11-8-13-18-14(3)9-7-10-15(18)4/h14-17H,5-13H2,1-4H3/t14-,15+,16?. The molecule has 1 N–H and O–H groups in total. The zero-order valence-corrected chi connectivity index (χ0v) is 13.0. The fraction of sp³-hybridized carbons (Fsp3) is 1.00. The van der Waals surface area contributed by atoms with Crippen LogP contribution in [0.3, 0.4) is 0 Å². The van der Waals surface area contributed by atoms with Crippen molar-refractivity contribution in [2.45, 2.75) is 90.8 Å². The second-order valence-corrected chi connectivity index (χ2v) is 6.07. The summed E-state index contributed by atoms with van der Waals surface area (Å²) >= 11 is 0. The van der Waals surface area contributed by atoms with E-state index in [-0.39, 0.29) is 0 Å². The summed E-state index contributed by atoms with van der Waals surface area (Å²) in [6.45, 7) is 11.8. The Balaban J connectivity index is 2.22. The maximum Gasteiger partial charge on any atom is 0.00697 e. The highest BCUT2D eigenvalue weighted by Gasteiger charge is 2.23. The Hall–Kier alpha value is -0.0800. The molecule has 0 bridgehead atoms. The van der Waals surface area contributed by atoms with E-state index < -0.39 is 0 Å². The SMILES string of the molecule is CCCNC(CC)CCCN1[C@H](C)CCC[C@@H]1C. The summed E-state index contributed by atoms with van der Waals surface area (Å²) in [5, 5.41) is 3.66. The van der Waals surface area contributed by atoms with Gasteiger partial charge in [-0.25, -0.2) is 0 Å². The average Bonchev–Trinajstić information content (AvgIpc) is 2.36. The van der Waals surface area contributed by atoms with E-state index in [4.69, 9.17) is 0 Å². The van der Waals surface area contributed by atoms with Gasteiger partial charge in [-0.2, -0.15) is 0 Å². The van der Waals surface area contributed by atoms with Crippen LogP contribution in [0, 0.1) is 0 Å². The minimum atomic E-state index is 0.736. The summed E-state index contributed by atoms with van der Waals surface area (Å²) in [4.78, 5) is 2.73. The molecule has 1 heterocycles. The number of hydrogen-bond donors (Lipinski definition) is 1. The van der Waals surface area contributed by atoms with Gasteiger partial charge in [-0.05, 0) is 65.5 Å². The molecule has 2 nitrogen and oxygen atoms in total. The molecule has 1 aliphatic heterocycles. The van der Waals surface area contributed by atoms with Crippen molar-refractivity contribution in [1.82, 2.24) is 10.2 Å². The van der Waals surface area contributed by atoms with Crippen LogP contribution >= 0.6 is 0 Å². The highest BCUT2D eigenvalue weighted by molar-refractivity contribution is 4.79. The number of hydrogen-bond acceptors (Lipinski definition) is 2. The third kappa shape index (κ3) is 5.27. The highest BCUT2D eigenvalue weighted by Crippen LogP contribution is 2.22. The molecule has 1 aliphatic rings. The molecule has 2 heteroatoms. The van der Waals surface area contributed by atoms with Crippen molar-refractivity contribution in [3.05, 3.63) is 0 Å². The van der Waals surface area contributed by atoms with Gasteiger partial charge in [0.1, 0.15) is 0 Å². The second kappa shape index (κ2) is 8.92. The fourth-order valence-corrected chi connectivity index (χ4v) is 3.23. The lowest BCUT2D eigenvalue weighted by Gasteiger charge is -2.39. The monoisotopic (exact) mass is 254 g/mol. The molecule has 0 spiro atoms. The summed E-state index contributed by atoms with van der Waals surface area (Å²) in [5.74, 6) is 0. The molecule has 0 saturated carbocycles. The van der Waals surface area contributed by atoms with Crippen molar-refractivity contribution in [3.8, 4) is 0 Å². The van der Waals surface area contributed by atoms with Crippen LogP contribution < -0.4 is 5.32 Å². The van der Waals surface area contributed by atoms with Crippen molar-refractivity contribution >= 4 is 0 Å². The number of piperidine rings is 1. The van der Waals surface area contributed by atoms with Crippen LogP contribution in [0.2, 0.25) is 0 Å². The first-order valence-corrected chi connectivity index (χ1v) is 8.18. The van der Waals surface area contributed by atoms with Crippen molar-refractivity contribution in [3.63, 3.8) is 0 Å². The maximum atomic E-state index is 3.66. The Labute approximate surface area is 115 Å². The molecule has 0 aromatic heterocycles. The number of nitrogens with one attached hydrogen (secondary N) is 1. The van der Waals surface area contributed by atoms with Gasteiger partial charge in [-0.15, -0.1) is 0 Å². The largest absolute Gasteiger partial charge is 0.314 e. The normalized spacial score (nSPS) is 27.3. The second-order valence-electron chi connectivity index (χ2n) is 6.07. The van der Waals surface area contributed by atoms with E-state index in [1.54, 1.807) is 0 Å². The molecule has 0 aliphatic carbocycles. The molecule has 1 saturated heterocycles. The average molecular weight is 254 g/mol. The van der Waals surface area contributed by atoms with Crippen LogP contribution in [-0.4, -0.2) is 36.1 Å². The Kier molecular flexibility index (Phi) is 7.92. The Morgan fingerprint density at radius 1 is 1.17 bits per heavy atom. The summed E-state index contributed by atoms with van der Waals surface area (Å²) in [7, 11) is 0. The minimum Gasteiger partial charge on any atom is -0.314 e. The highest BCUT2D eigenvalue weighted by atomic mass is 15.2. The molecule has 1 rings (SSSR count). The molecule has 18 heavy (non-hydrogen) atoms. The van der Waals surface area contributed by atoms with E-state index in [2.05, 4.69) is 37.9 Å². The molecule has 3 atom stereocenters. The van der Waals surface area contributed by atoms with Gasteiger partial charge in [0.25, 0.3) is 0 Å². The van der Waals surface area contributed by atoms with E-state index in [1.165, 1.54) is 58.0 Å². The van der Waals surface area contributed by atoms with Gasteiger partial charge < -0.3 is 5.32 Å². The van der Waals surface area contributed by atoms with Gasteiger partial charge in [0, 0.05) is 18.1 Å². The molecular weight excluding hydrogens is 220 g/mol. The molecule has 1 unspecified atom stereocenters. The summed E-state index contributed by atoms with van der Waals surface area (Å²) in [5.41, 5.74) is 0. The lowest BCUT2D eigenvalue weighted by atomic mass is 9.97. The van der Waals surface area contributed by atoms with Crippen LogP contribution in [0.15, 0.2) is 0 Å². The summed E-state index contributed by atoms with van der Waals surface area (Å²) in [6.07, 6.45) is 9.43. The van der Waals surface area contributed by atoms with Gasteiger partial charge in [-0.1, -0.05) is 20.3 Å². The zero-order chi connectivity index (χ0) is 13.4. The van der Waals surface area contributed by atoms with Crippen molar-refractivity contribution in [2.75, 3.05) is 13.1 Å². The first kappa shape index (κ1) is 16.0. The van der Waals surface area contributed by atoms with Gasteiger partial charge in [0.2, 0.25) is 0 Å². The van der Waals surface area contributed by atoms with Gasteiger partial charge in [0.15, 0.2) is 0 Å². The molecule has 1 fully saturated rings. The van der Waals surface area contributed by atoms with Crippen molar-refractivity contribution in [2.24, 2.45) is 0 Å². The zero-order valence-electron chi connectivity index (χ0n) is 13.0. The molecule has 0 aromatic rings. The maximum absolute atomic E-state index is 3.66. The van der Waals surface area contributed by atoms with E-state index in [0.29, 0.717) is 0 Å². The van der Waals surface area contributed by atoms with Crippen LogP contribution in [0.4, 0.5) is 0 Å². The van der Waals surface area contributed by atoms with E-state index in [9.17, 15) is 0 Å². The smallest absolute Gasteiger partial charge is 0.00697 e. The summed E-state index contributed by atoms with van der Waals surface area (Å²) in [6, 6.07) is 2.34. The van der Waals surface area contributed by atoms with Crippen LogP contribution in [0.1, 0.15) is 72.6 Å². The Morgan fingerprint density at radius 2 is 1.83 bits per heavy atom. The topological polar surface area (TPSA) is 15.3 Å². The van der Waals surface area contributed by atoms with Gasteiger partial charge in [0.05, 0.1) is 0 Å². The molecule has 0 radical (unpaired) electrons. The van der Waals surface area contributed by atoms with E-state index in [0.717, 1.165) is 18.1 Å². The van der Waals surface area contributed by atoms with E-state index >= 15 is 0 Å². The predicted molar refractivity (Wildman–Crippen MR) is 81.1 cm³/mol. The van der Waals surface area contributed by atoms with Crippen LogP contribution in [0.25, 0.3) is 0 Å². The van der Waals surface area contributed by atoms with E-state index in [1.807, 2.05) is 0 Å². The Morgan fingerprint density at radius 3 is 2.39 bits per heavy atom. The lowest BCUT2D eigenvalue weighted by molar-refractivity contribution is 0.100. The lowest BCUT2D eigenvalue weighted by Crippen LogP contribution is -2.44. The predicted octanol–water partition coefficient (Wildman–Crippen LogP) is 3.81. The third-order valence-electron chi connectivity index (χ3n) is 4.52. The molecule has 0 amide bonds. The number of nitrogens with zero attached hydrogens (tertiary/aromatic N) is 1. The molecular formula is C16H34N2. The van der Waals surface area contributed by atoms with Crippen molar-refractivity contribution < 1.29 is 0 Å². The fourth-order valence-electron chi connectivity index (χ4n) is 3.23. The number of rotatable bonds is 8. The van der Waals surface area contributed by atoms with Crippen LogP contribution in [-0.2, 0) is 0 Å². The quantitative estimate of drug-likeness (QED) is 0.708. The Bertz CT molecular complexity index is 195. The third-order valence-corrected chi connectivity index (χ3v) is 4.52. The van der Waals surface area contributed by atoms with Crippen molar-refractivity contribution in [1.29, 1.82) is 0 Å². The van der Waals surface area contributed by atoms with Crippen LogP contribution in [0.5, 0.6) is 0 Å². The first-order valence-electron chi connectivity index (χ1n) is 8.18. The number of likely N-dealkylation sites (tertiary alicyclic amines) is 1. The minimum absolute atomic E-state index is 0.736. The molecule has 108 valence electrons. The van der Waals surface area contributed by atoms with Gasteiger partial charge in [-0.3, -0.25) is 4.90 Å². The van der Waals surface area contributed by atoms with Gasteiger partial charge >= 0.3 is 0 Å².